The lowest BCUT2D eigenvalue weighted by Crippen LogP contribution is -2.33. The van der Waals surface area contributed by atoms with Gasteiger partial charge in [-0.1, -0.05) is 45.0 Å². The predicted octanol–water partition coefficient (Wildman–Crippen LogP) is 4.22. The second kappa shape index (κ2) is 12.7. The molecule has 0 saturated heterocycles. The van der Waals surface area contributed by atoms with Crippen LogP contribution in [0.2, 0.25) is 0 Å². The van der Waals surface area contributed by atoms with Gasteiger partial charge in [-0.15, -0.1) is 0 Å². The Hall–Kier alpha value is -4.67. The summed E-state index contributed by atoms with van der Waals surface area (Å²) in [5.41, 5.74) is 5.00. The zero-order chi connectivity index (χ0) is 29.6. The monoisotopic (exact) mass is 554 g/mol. The van der Waals surface area contributed by atoms with Gasteiger partial charge in [0.15, 0.2) is 5.82 Å². The molecule has 0 radical (unpaired) electrons. The van der Waals surface area contributed by atoms with Crippen molar-refractivity contribution in [1.82, 2.24) is 20.3 Å². The van der Waals surface area contributed by atoms with Crippen LogP contribution in [0.25, 0.3) is 11.4 Å². The van der Waals surface area contributed by atoms with Gasteiger partial charge in [0.05, 0.1) is 12.7 Å². The number of benzene rings is 3. The first-order valence-electron chi connectivity index (χ1n) is 13.2. The summed E-state index contributed by atoms with van der Waals surface area (Å²) in [4.78, 5) is 38.3. The lowest BCUT2D eigenvalue weighted by Gasteiger charge is -2.19. The molecule has 1 atom stereocenters. The van der Waals surface area contributed by atoms with Crippen molar-refractivity contribution in [2.45, 2.75) is 39.2 Å². The van der Waals surface area contributed by atoms with E-state index in [-0.39, 0.29) is 23.8 Å². The summed E-state index contributed by atoms with van der Waals surface area (Å²) in [6.45, 7) is 7.82. The number of aliphatic hydroxyl groups is 2. The Balaban J connectivity index is 1.46. The first kappa shape index (κ1) is 29.3. The summed E-state index contributed by atoms with van der Waals surface area (Å²) >= 11 is 0. The average Bonchev–Trinajstić information content (AvgIpc) is 2.97. The molecule has 3 aromatic carbocycles. The topological polar surface area (TPSA) is 149 Å². The van der Waals surface area contributed by atoms with Crippen LogP contribution in [0.3, 0.4) is 0 Å². The molecule has 2 amide bonds. The highest BCUT2D eigenvalue weighted by molar-refractivity contribution is 6.05. The highest BCUT2D eigenvalue weighted by atomic mass is 16.3. The maximum absolute atomic E-state index is 13.0. The SMILES string of the molecule is Cc1c(NC(=O)c2ccc(C(C)(C)C)cc2)cccc1-c1ncnc(Nc2ccc(C(=O)NCC(O)CO)cc2)n1. The van der Waals surface area contributed by atoms with Gasteiger partial charge in [-0.3, -0.25) is 9.59 Å². The Morgan fingerprint density at radius 1 is 0.902 bits per heavy atom. The van der Waals surface area contributed by atoms with Crippen molar-refractivity contribution < 1.29 is 19.8 Å². The fourth-order valence-electron chi connectivity index (χ4n) is 4.03. The van der Waals surface area contributed by atoms with Crippen LogP contribution in [0, 0.1) is 6.92 Å². The van der Waals surface area contributed by atoms with E-state index in [1.165, 1.54) is 6.33 Å². The number of amides is 2. The van der Waals surface area contributed by atoms with E-state index in [9.17, 15) is 14.7 Å². The Morgan fingerprint density at radius 2 is 1.56 bits per heavy atom. The lowest BCUT2D eigenvalue weighted by molar-refractivity contribution is 0.0802. The maximum Gasteiger partial charge on any atom is 0.255 e. The number of rotatable bonds is 9. The molecule has 1 aromatic heterocycles. The van der Waals surface area contributed by atoms with Gasteiger partial charge < -0.3 is 26.2 Å². The summed E-state index contributed by atoms with van der Waals surface area (Å²) in [7, 11) is 0. The van der Waals surface area contributed by atoms with Crippen LogP contribution < -0.4 is 16.0 Å². The Labute approximate surface area is 238 Å². The molecule has 0 aliphatic heterocycles. The van der Waals surface area contributed by atoms with E-state index in [0.29, 0.717) is 34.3 Å². The number of carbonyl (C=O) groups excluding carboxylic acids is 2. The Bertz CT molecular complexity index is 1520. The smallest absolute Gasteiger partial charge is 0.255 e. The van der Waals surface area contributed by atoms with Crippen LogP contribution >= 0.6 is 0 Å². The van der Waals surface area contributed by atoms with E-state index >= 15 is 0 Å². The van der Waals surface area contributed by atoms with Gasteiger partial charge in [-0.05, 0) is 65.9 Å². The van der Waals surface area contributed by atoms with E-state index in [1.807, 2.05) is 49.4 Å². The number of hydrogen-bond donors (Lipinski definition) is 5. The second-order valence-electron chi connectivity index (χ2n) is 10.6. The van der Waals surface area contributed by atoms with Crippen molar-refractivity contribution in [2.75, 3.05) is 23.8 Å². The maximum atomic E-state index is 13.0. The molecule has 0 fully saturated rings. The molecule has 10 nitrogen and oxygen atoms in total. The third kappa shape index (κ3) is 7.50. The molecule has 5 N–H and O–H groups in total. The van der Waals surface area contributed by atoms with E-state index < -0.39 is 12.7 Å². The number of nitrogens with zero attached hydrogens (tertiary/aromatic N) is 3. The third-order valence-electron chi connectivity index (χ3n) is 6.52. The molecular formula is C31H34N6O4. The van der Waals surface area contributed by atoms with Crippen LogP contribution in [-0.2, 0) is 5.41 Å². The zero-order valence-corrected chi connectivity index (χ0v) is 23.5. The van der Waals surface area contributed by atoms with Crippen molar-refractivity contribution in [2.24, 2.45) is 0 Å². The normalized spacial score (nSPS) is 12.0. The molecule has 0 aliphatic rings. The summed E-state index contributed by atoms with van der Waals surface area (Å²) in [5, 5.41) is 26.9. The molecule has 0 bridgehead atoms. The van der Waals surface area contributed by atoms with Gasteiger partial charge in [-0.25, -0.2) is 9.97 Å². The highest BCUT2D eigenvalue weighted by Crippen LogP contribution is 2.28. The number of carbonyl (C=O) groups is 2. The van der Waals surface area contributed by atoms with Crippen molar-refractivity contribution in [3.05, 3.63) is 95.3 Å². The summed E-state index contributed by atoms with van der Waals surface area (Å²) in [5.74, 6) is 0.177. The van der Waals surface area contributed by atoms with E-state index in [1.54, 1.807) is 24.3 Å². The van der Waals surface area contributed by atoms with Crippen LogP contribution in [0.15, 0.2) is 73.1 Å². The summed E-state index contributed by atoms with van der Waals surface area (Å²) in [6, 6.07) is 19.8. The first-order valence-corrected chi connectivity index (χ1v) is 13.2. The van der Waals surface area contributed by atoms with Crippen molar-refractivity contribution >= 4 is 29.1 Å². The lowest BCUT2D eigenvalue weighted by atomic mass is 9.86. The molecule has 1 heterocycles. The minimum absolute atomic E-state index is 0.00430. The molecule has 4 rings (SSSR count). The summed E-state index contributed by atoms with van der Waals surface area (Å²) < 4.78 is 0. The van der Waals surface area contributed by atoms with Crippen molar-refractivity contribution in [3.8, 4) is 11.4 Å². The van der Waals surface area contributed by atoms with Crippen molar-refractivity contribution in [1.29, 1.82) is 0 Å². The third-order valence-corrected chi connectivity index (χ3v) is 6.52. The largest absolute Gasteiger partial charge is 0.394 e. The number of aromatic nitrogens is 3. The first-order chi connectivity index (χ1) is 19.5. The van der Waals surface area contributed by atoms with Crippen LogP contribution in [0.4, 0.5) is 17.3 Å². The number of nitrogens with one attached hydrogen (secondary N) is 3. The van der Waals surface area contributed by atoms with E-state index in [0.717, 1.165) is 16.7 Å². The van der Waals surface area contributed by atoms with Gasteiger partial charge in [0, 0.05) is 34.6 Å². The molecular weight excluding hydrogens is 520 g/mol. The quantitative estimate of drug-likeness (QED) is 0.206. The molecule has 41 heavy (non-hydrogen) atoms. The molecule has 1 unspecified atom stereocenters. The minimum atomic E-state index is -1.01. The molecule has 0 saturated carbocycles. The summed E-state index contributed by atoms with van der Waals surface area (Å²) in [6.07, 6.45) is 0.393. The van der Waals surface area contributed by atoms with Crippen LogP contribution in [-0.4, -0.2) is 56.2 Å². The molecule has 212 valence electrons. The number of hydrogen-bond acceptors (Lipinski definition) is 8. The fourth-order valence-corrected chi connectivity index (χ4v) is 4.03. The molecule has 4 aromatic rings. The molecule has 10 heteroatoms. The van der Waals surface area contributed by atoms with Crippen LogP contribution in [0.5, 0.6) is 0 Å². The van der Waals surface area contributed by atoms with Gasteiger partial charge in [0.1, 0.15) is 6.33 Å². The van der Waals surface area contributed by atoms with Crippen LogP contribution in [0.1, 0.15) is 52.6 Å². The number of aliphatic hydroxyl groups excluding tert-OH is 2. The standard InChI is InChI=1S/C31H34N6O4/c1-19-25(6-5-7-26(19)36-29(41)21-8-12-22(13-9-21)31(2,3)4)27-33-18-34-30(37-27)35-23-14-10-20(11-15-23)28(40)32-16-24(39)17-38/h5-15,18,24,38-39H,16-17H2,1-4H3,(H,32,40)(H,36,41)(H,33,34,35,37). The van der Waals surface area contributed by atoms with Gasteiger partial charge in [0.25, 0.3) is 11.8 Å². The van der Waals surface area contributed by atoms with Gasteiger partial charge in [0.2, 0.25) is 5.95 Å². The highest BCUT2D eigenvalue weighted by Gasteiger charge is 2.16. The minimum Gasteiger partial charge on any atom is -0.394 e. The van der Waals surface area contributed by atoms with Crippen molar-refractivity contribution in [3.63, 3.8) is 0 Å². The number of anilines is 3. The Morgan fingerprint density at radius 3 is 2.22 bits per heavy atom. The van der Waals surface area contributed by atoms with E-state index in [2.05, 4.69) is 51.7 Å². The Kier molecular flexibility index (Phi) is 9.06. The van der Waals surface area contributed by atoms with Gasteiger partial charge in [-0.2, -0.15) is 4.98 Å². The molecule has 0 spiro atoms. The zero-order valence-electron chi connectivity index (χ0n) is 23.5. The van der Waals surface area contributed by atoms with Gasteiger partial charge >= 0.3 is 0 Å². The predicted molar refractivity (Wildman–Crippen MR) is 158 cm³/mol. The van der Waals surface area contributed by atoms with E-state index in [4.69, 9.17) is 5.11 Å². The average molecular weight is 555 g/mol. The molecule has 0 aliphatic carbocycles. The second-order valence-corrected chi connectivity index (χ2v) is 10.6. The fraction of sp³-hybridized carbons (Fsp3) is 0.258.